The highest BCUT2D eigenvalue weighted by Gasteiger charge is 2.20. The Morgan fingerprint density at radius 3 is 1.27 bits per heavy atom. The minimum atomic E-state index is -0.664. The Balaban J connectivity index is 3.38. The highest BCUT2D eigenvalue weighted by atomic mass is 16.5. The van der Waals surface area contributed by atoms with E-state index in [-0.39, 0.29) is 18.5 Å². The van der Waals surface area contributed by atoms with Crippen LogP contribution in [-0.2, 0) is 14.3 Å². The number of hydrogen-bond donors (Lipinski definition) is 3. The highest BCUT2D eigenvalue weighted by molar-refractivity contribution is 5.76. The predicted octanol–water partition coefficient (Wildman–Crippen LogP) is 16.7. The van der Waals surface area contributed by atoms with Crippen LogP contribution in [0.15, 0.2) is 24.3 Å². The first-order valence-electron chi connectivity index (χ1n) is 27.6. The fraction of sp³-hybridized carbons (Fsp3) is 0.893. The van der Waals surface area contributed by atoms with Crippen LogP contribution in [-0.4, -0.2) is 47.4 Å². The van der Waals surface area contributed by atoms with Gasteiger partial charge in [-0.2, -0.15) is 0 Å². The fourth-order valence-electron chi connectivity index (χ4n) is 8.48. The van der Waals surface area contributed by atoms with Gasteiger partial charge in [0.1, 0.15) is 0 Å². The maximum atomic E-state index is 12.4. The molecule has 0 aliphatic heterocycles. The summed E-state index contributed by atoms with van der Waals surface area (Å²) in [6.07, 6.45) is 61.6. The number of unbranched alkanes of at least 4 members (excludes halogenated alkanes) is 36. The Bertz CT molecular complexity index is 966. The molecule has 0 aromatic heterocycles. The van der Waals surface area contributed by atoms with Crippen molar-refractivity contribution in [1.82, 2.24) is 5.32 Å². The number of allylic oxidation sites excluding steroid dienone is 4. The van der Waals surface area contributed by atoms with Crippen LogP contribution in [0.25, 0.3) is 0 Å². The average Bonchev–Trinajstić information content (AvgIpc) is 3.27. The van der Waals surface area contributed by atoms with E-state index in [4.69, 9.17) is 4.74 Å². The van der Waals surface area contributed by atoms with Gasteiger partial charge in [-0.25, -0.2) is 0 Å². The molecule has 0 aliphatic rings. The van der Waals surface area contributed by atoms with Crippen molar-refractivity contribution in [2.24, 2.45) is 0 Å². The lowest BCUT2D eigenvalue weighted by molar-refractivity contribution is -0.143. The van der Waals surface area contributed by atoms with Gasteiger partial charge >= 0.3 is 5.97 Å². The Hall–Kier alpha value is -1.66. The predicted molar refractivity (Wildman–Crippen MR) is 269 cm³/mol. The Labute approximate surface area is 386 Å². The molecule has 0 radical (unpaired) electrons. The molecule has 0 aromatic carbocycles. The quantitative estimate of drug-likeness (QED) is 0.0321. The molecule has 0 rings (SSSR count). The van der Waals surface area contributed by atoms with Crippen molar-refractivity contribution in [3.63, 3.8) is 0 Å². The number of amides is 1. The van der Waals surface area contributed by atoms with Crippen molar-refractivity contribution in [2.75, 3.05) is 13.2 Å². The van der Waals surface area contributed by atoms with Crippen LogP contribution in [0.4, 0.5) is 0 Å². The SMILES string of the molecule is CCCC/C=C\C/C=C\CCCCCCCC(=O)OCCCCCCCCCCCCCCCCCCCCCCC(=O)NC(CO)C(O)CCCCCCCCCCCCC. The summed E-state index contributed by atoms with van der Waals surface area (Å²) in [6, 6.07) is -0.541. The third-order valence-electron chi connectivity index (χ3n) is 12.8. The van der Waals surface area contributed by atoms with Gasteiger partial charge in [0.2, 0.25) is 5.91 Å². The molecule has 62 heavy (non-hydrogen) atoms. The van der Waals surface area contributed by atoms with Gasteiger partial charge in [0, 0.05) is 12.8 Å². The summed E-state index contributed by atoms with van der Waals surface area (Å²) in [4.78, 5) is 24.4. The molecule has 2 atom stereocenters. The van der Waals surface area contributed by atoms with Crippen molar-refractivity contribution in [2.45, 2.75) is 309 Å². The topological polar surface area (TPSA) is 95.9 Å². The van der Waals surface area contributed by atoms with E-state index in [1.165, 1.54) is 212 Å². The van der Waals surface area contributed by atoms with Crippen LogP contribution in [0.1, 0.15) is 296 Å². The summed E-state index contributed by atoms with van der Waals surface area (Å²) in [5.41, 5.74) is 0. The molecule has 3 N–H and O–H groups in total. The van der Waals surface area contributed by atoms with Crippen LogP contribution in [0.2, 0.25) is 0 Å². The molecule has 0 bridgehead atoms. The van der Waals surface area contributed by atoms with Gasteiger partial charge in [-0.3, -0.25) is 9.59 Å². The number of ether oxygens (including phenoxy) is 1. The maximum Gasteiger partial charge on any atom is 0.305 e. The average molecular weight is 874 g/mol. The molecule has 0 spiro atoms. The minimum absolute atomic E-state index is 0.00414. The lowest BCUT2D eigenvalue weighted by Crippen LogP contribution is -2.45. The number of carbonyl (C=O) groups excluding carboxylic acids is 2. The van der Waals surface area contributed by atoms with Gasteiger partial charge in [-0.15, -0.1) is 0 Å². The van der Waals surface area contributed by atoms with E-state index < -0.39 is 12.1 Å². The first-order valence-corrected chi connectivity index (χ1v) is 27.6. The molecule has 6 heteroatoms. The number of aliphatic hydroxyl groups is 2. The largest absolute Gasteiger partial charge is 0.466 e. The molecule has 0 aromatic rings. The van der Waals surface area contributed by atoms with Gasteiger partial charge in [0.25, 0.3) is 0 Å². The summed E-state index contributed by atoms with van der Waals surface area (Å²) in [5, 5.41) is 23.2. The molecule has 0 aliphatic carbocycles. The van der Waals surface area contributed by atoms with Gasteiger partial charge in [0.15, 0.2) is 0 Å². The number of aliphatic hydroxyl groups excluding tert-OH is 2. The standard InChI is InChI=1S/C56H107NO5/c1-3-5-7-9-11-13-15-16-26-30-34-38-42-46-50-56(61)62-51-47-43-39-35-31-27-24-22-20-18-17-19-21-23-25-29-33-37-41-45-49-55(60)57-53(52-58)54(59)48-44-40-36-32-28-14-12-10-8-6-4-2/h9,11,15-16,53-54,58-59H,3-8,10,12-14,17-52H2,1-2H3,(H,57,60)/b11-9-,16-15-. The van der Waals surface area contributed by atoms with E-state index in [1.54, 1.807) is 0 Å². The second-order valence-corrected chi connectivity index (χ2v) is 18.9. The molecule has 0 saturated heterocycles. The van der Waals surface area contributed by atoms with Gasteiger partial charge in [0.05, 0.1) is 25.4 Å². The summed E-state index contributed by atoms with van der Waals surface area (Å²) in [6.45, 7) is 4.90. The van der Waals surface area contributed by atoms with E-state index >= 15 is 0 Å². The molecule has 0 heterocycles. The molecule has 0 fully saturated rings. The van der Waals surface area contributed by atoms with Crippen LogP contribution < -0.4 is 5.32 Å². The summed E-state index contributed by atoms with van der Waals surface area (Å²) < 4.78 is 5.46. The number of nitrogens with one attached hydrogen (secondary N) is 1. The lowest BCUT2D eigenvalue weighted by atomic mass is 10.0. The van der Waals surface area contributed by atoms with E-state index in [0.717, 1.165) is 51.4 Å². The van der Waals surface area contributed by atoms with Crippen LogP contribution in [0, 0.1) is 0 Å². The first-order chi connectivity index (χ1) is 30.5. The minimum Gasteiger partial charge on any atom is -0.466 e. The Morgan fingerprint density at radius 2 is 0.823 bits per heavy atom. The summed E-state index contributed by atoms with van der Waals surface area (Å²) in [5.74, 6) is -0.0420. The monoisotopic (exact) mass is 874 g/mol. The fourth-order valence-corrected chi connectivity index (χ4v) is 8.48. The molecular formula is C56H107NO5. The van der Waals surface area contributed by atoms with Crippen molar-refractivity contribution in [3.05, 3.63) is 24.3 Å². The van der Waals surface area contributed by atoms with E-state index in [0.29, 0.717) is 25.9 Å². The van der Waals surface area contributed by atoms with E-state index in [9.17, 15) is 19.8 Å². The molecule has 0 saturated carbocycles. The van der Waals surface area contributed by atoms with Crippen molar-refractivity contribution < 1.29 is 24.5 Å². The lowest BCUT2D eigenvalue weighted by Gasteiger charge is -2.22. The van der Waals surface area contributed by atoms with Crippen molar-refractivity contribution in [3.8, 4) is 0 Å². The number of carbonyl (C=O) groups is 2. The Morgan fingerprint density at radius 1 is 0.452 bits per heavy atom. The summed E-state index contributed by atoms with van der Waals surface area (Å²) >= 11 is 0. The van der Waals surface area contributed by atoms with Crippen molar-refractivity contribution >= 4 is 11.9 Å². The third-order valence-corrected chi connectivity index (χ3v) is 12.8. The molecule has 2 unspecified atom stereocenters. The smallest absolute Gasteiger partial charge is 0.305 e. The van der Waals surface area contributed by atoms with Gasteiger partial charge in [-0.1, -0.05) is 256 Å². The van der Waals surface area contributed by atoms with Crippen molar-refractivity contribution in [1.29, 1.82) is 0 Å². The maximum absolute atomic E-state index is 12.4. The normalized spacial score (nSPS) is 12.8. The highest BCUT2D eigenvalue weighted by Crippen LogP contribution is 2.17. The third kappa shape index (κ3) is 47.8. The van der Waals surface area contributed by atoms with Crippen LogP contribution in [0.5, 0.6) is 0 Å². The second kappa shape index (κ2) is 52.0. The van der Waals surface area contributed by atoms with Crippen LogP contribution >= 0.6 is 0 Å². The Kier molecular flexibility index (Phi) is 50.6. The van der Waals surface area contributed by atoms with Crippen LogP contribution in [0.3, 0.4) is 0 Å². The molecule has 1 amide bonds. The molecule has 366 valence electrons. The van der Waals surface area contributed by atoms with E-state index in [1.807, 2.05) is 0 Å². The first kappa shape index (κ1) is 60.3. The zero-order valence-electron chi connectivity index (χ0n) is 41.6. The summed E-state index contributed by atoms with van der Waals surface area (Å²) in [7, 11) is 0. The van der Waals surface area contributed by atoms with Gasteiger partial charge in [-0.05, 0) is 51.4 Å². The number of rotatable bonds is 51. The van der Waals surface area contributed by atoms with Gasteiger partial charge < -0.3 is 20.3 Å². The number of hydrogen-bond acceptors (Lipinski definition) is 5. The number of esters is 1. The second-order valence-electron chi connectivity index (χ2n) is 18.9. The zero-order chi connectivity index (χ0) is 45.1. The molecular weight excluding hydrogens is 767 g/mol. The zero-order valence-corrected chi connectivity index (χ0v) is 41.6. The molecule has 6 nitrogen and oxygen atoms in total. The van der Waals surface area contributed by atoms with E-state index in [2.05, 4.69) is 43.5 Å².